The molecule has 1 aliphatic rings. The number of nitrogens with zero attached hydrogens (tertiary/aromatic N) is 3. The average Bonchev–Trinajstić information content (AvgIpc) is 3.83. The molecule has 0 radical (unpaired) electrons. The first-order valence-electron chi connectivity index (χ1n) is 18.2. The summed E-state index contributed by atoms with van der Waals surface area (Å²) in [7, 11) is 1.65. The first kappa shape index (κ1) is 39.2. The Kier molecular flexibility index (Phi) is 12.9. The molecule has 284 valence electrons. The summed E-state index contributed by atoms with van der Waals surface area (Å²) in [5, 5.41) is 9.79. The second-order valence-corrected chi connectivity index (χ2v) is 15.0. The second kappa shape index (κ2) is 17.7. The van der Waals surface area contributed by atoms with Gasteiger partial charge in [-0.3, -0.25) is 9.36 Å². The molecule has 2 aromatic heterocycles. The molecule has 1 aliphatic heterocycles. The highest BCUT2D eigenvalue weighted by molar-refractivity contribution is 7.44. The Labute approximate surface area is 317 Å². The van der Waals surface area contributed by atoms with Gasteiger partial charge in [-0.2, -0.15) is 5.26 Å². The third kappa shape index (κ3) is 8.25. The van der Waals surface area contributed by atoms with Crippen LogP contribution in [0.2, 0.25) is 0 Å². The number of pyridine rings is 1. The maximum Gasteiger partial charge on any atom is 0.263 e. The Hall–Kier alpha value is -4.53. The van der Waals surface area contributed by atoms with Crippen LogP contribution < -0.4 is 15.0 Å². The van der Waals surface area contributed by atoms with Gasteiger partial charge in [-0.1, -0.05) is 54.6 Å². The quantitative estimate of drug-likeness (QED) is 0.0519. The van der Waals surface area contributed by atoms with Crippen molar-refractivity contribution in [3.8, 4) is 17.6 Å². The number of nitriles is 1. The van der Waals surface area contributed by atoms with Crippen LogP contribution in [-0.2, 0) is 24.1 Å². The number of benzene rings is 3. The van der Waals surface area contributed by atoms with Crippen LogP contribution in [0.5, 0.6) is 11.5 Å². The van der Waals surface area contributed by atoms with Gasteiger partial charge in [-0.05, 0) is 80.8 Å². The minimum Gasteiger partial charge on any atom is -0.497 e. The van der Waals surface area contributed by atoms with Gasteiger partial charge in [0.15, 0.2) is 0 Å². The van der Waals surface area contributed by atoms with Gasteiger partial charge in [0, 0.05) is 24.7 Å². The summed E-state index contributed by atoms with van der Waals surface area (Å²) in [5.41, 5.74) is 1.84. The third-order valence-corrected chi connectivity index (χ3v) is 11.7. The number of rotatable bonds is 17. The fourth-order valence-corrected chi connectivity index (χ4v) is 8.79. The van der Waals surface area contributed by atoms with E-state index >= 15 is 0 Å². The topological polar surface area (TPSA) is 118 Å². The molecule has 3 heterocycles. The third-order valence-electron chi connectivity index (χ3n) is 9.56. The maximum atomic E-state index is 13.7. The lowest BCUT2D eigenvalue weighted by atomic mass is 9.80. The highest BCUT2D eigenvalue weighted by Gasteiger charge is 2.45. The van der Waals surface area contributed by atoms with Gasteiger partial charge in [0.05, 0.1) is 57.7 Å². The van der Waals surface area contributed by atoms with Crippen molar-refractivity contribution >= 4 is 19.5 Å². The van der Waals surface area contributed by atoms with E-state index in [4.69, 9.17) is 32.4 Å². The van der Waals surface area contributed by atoms with Crippen LogP contribution in [0.25, 0.3) is 11.0 Å². The largest absolute Gasteiger partial charge is 0.497 e. The van der Waals surface area contributed by atoms with E-state index in [1.54, 1.807) is 37.1 Å². The van der Waals surface area contributed by atoms with Gasteiger partial charge in [-0.25, -0.2) is 4.67 Å². The Morgan fingerprint density at radius 2 is 1.50 bits per heavy atom. The highest BCUT2D eigenvalue weighted by Crippen LogP contribution is 2.50. The molecule has 6 rings (SSSR count). The zero-order chi connectivity index (χ0) is 38.2. The zero-order valence-electron chi connectivity index (χ0n) is 31.6. The number of furan rings is 1. The molecular formula is C42H48N3O8P. The molecule has 4 atom stereocenters. The molecule has 54 heavy (non-hydrogen) atoms. The number of hydrogen-bond acceptors (Lipinski definition) is 10. The minimum atomic E-state index is -1.63. The summed E-state index contributed by atoms with van der Waals surface area (Å²) in [6, 6.07) is 31.6. The molecule has 1 fully saturated rings. The van der Waals surface area contributed by atoms with Crippen molar-refractivity contribution in [2.24, 2.45) is 0 Å². The normalized spacial score (nSPS) is 18.0. The number of ether oxygens (including phenoxy) is 4. The maximum absolute atomic E-state index is 13.7. The van der Waals surface area contributed by atoms with Gasteiger partial charge >= 0.3 is 0 Å². The second-order valence-electron chi connectivity index (χ2n) is 13.6. The molecule has 12 heteroatoms. The summed E-state index contributed by atoms with van der Waals surface area (Å²) < 4.78 is 47.7. The molecule has 1 saturated heterocycles. The lowest BCUT2D eigenvalue weighted by molar-refractivity contribution is -0.0922. The minimum absolute atomic E-state index is 0.0849. The van der Waals surface area contributed by atoms with E-state index in [1.165, 1.54) is 6.26 Å². The highest BCUT2D eigenvalue weighted by atomic mass is 31.2. The Morgan fingerprint density at radius 1 is 0.889 bits per heavy atom. The van der Waals surface area contributed by atoms with Gasteiger partial charge in [0.2, 0.25) is 0 Å². The van der Waals surface area contributed by atoms with Crippen LogP contribution in [0, 0.1) is 11.3 Å². The lowest BCUT2D eigenvalue weighted by Gasteiger charge is -2.39. The summed E-state index contributed by atoms with van der Waals surface area (Å²) in [5.74, 6) is 1.44. The summed E-state index contributed by atoms with van der Waals surface area (Å²) in [6.45, 7) is 8.69. The van der Waals surface area contributed by atoms with E-state index in [9.17, 15) is 10.1 Å². The summed E-state index contributed by atoms with van der Waals surface area (Å²) in [6.07, 6.45) is 1.95. The number of methoxy groups -OCH3 is 2. The van der Waals surface area contributed by atoms with Crippen molar-refractivity contribution in [3.05, 3.63) is 130 Å². The fraction of sp³-hybridized carbons (Fsp3) is 0.381. The molecule has 0 N–H and O–H groups in total. The predicted octanol–water partition coefficient (Wildman–Crippen LogP) is 8.57. The summed E-state index contributed by atoms with van der Waals surface area (Å²) in [4.78, 5) is 13.7. The molecule has 5 aromatic rings. The monoisotopic (exact) mass is 753 g/mol. The first-order valence-corrected chi connectivity index (χ1v) is 19.3. The van der Waals surface area contributed by atoms with Crippen molar-refractivity contribution in [1.82, 2.24) is 9.24 Å². The van der Waals surface area contributed by atoms with E-state index in [-0.39, 0.29) is 37.3 Å². The molecule has 1 unspecified atom stereocenters. The van der Waals surface area contributed by atoms with Crippen LogP contribution in [0.3, 0.4) is 0 Å². The van der Waals surface area contributed by atoms with Crippen LogP contribution in [0.4, 0.5) is 0 Å². The lowest BCUT2D eigenvalue weighted by Crippen LogP contribution is -2.39. The fourth-order valence-electron chi connectivity index (χ4n) is 7.03. The smallest absolute Gasteiger partial charge is 0.263 e. The molecular weight excluding hydrogens is 705 g/mol. The number of aromatic nitrogens is 1. The van der Waals surface area contributed by atoms with E-state index in [1.807, 2.05) is 78.9 Å². The van der Waals surface area contributed by atoms with Crippen molar-refractivity contribution in [3.63, 3.8) is 0 Å². The molecule has 0 aliphatic carbocycles. The number of hydrogen-bond donors (Lipinski definition) is 0. The SMILES string of the molecule is COc1ccc(C(OC[C@H]2O[C@@H](n3ccc4occc4c3=O)C[C@@H]2OP(OCCC#N)N(C(C)C)C(C)C)(c2ccccc2)c2ccc(OC)cc2)cc1. The van der Waals surface area contributed by atoms with Crippen molar-refractivity contribution in [2.45, 2.75) is 76.7 Å². The van der Waals surface area contributed by atoms with Crippen LogP contribution in [0.15, 0.2) is 113 Å². The van der Waals surface area contributed by atoms with Gasteiger partial charge in [0.25, 0.3) is 14.1 Å². The predicted molar refractivity (Wildman–Crippen MR) is 207 cm³/mol. The van der Waals surface area contributed by atoms with Gasteiger partial charge in [0.1, 0.15) is 35.0 Å². The molecule has 0 saturated carbocycles. The van der Waals surface area contributed by atoms with E-state index < -0.39 is 32.6 Å². The number of fused-ring (bicyclic) bond motifs is 1. The van der Waals surface area contributed by atoms with Crippen molar-refractivity contribution in [2.75, 3.05) is 27.4 Å². The van der Waals surface area contributed by atoms with Crippen molar-refractivity contribution in [1.29, 1.82) is 5.26 Å². The molecule has 0 bridgehead atoms. The zero-order valence-corrected chi connectivity index (χ0v) is 32.5. The van der Waals surface area contributed by atoms with E-state index in [0.717, 1.165) is 28.2 Å². The standard InChI is InChI=1S/C42H48N3O8P/c1-29(2)45(30(3)4)54(51-25-10-23-43)53-38-27-40(44-24-21-37-36(41(44)46)22-26-49-37)52-39(38)28-50-42(31-11-8-7-9-12-31,32-13-17-34(47-5)18-14-32)33-15-19-35(48-6)20-16-33/h7-9,11-22,24,26,29-30,38-40H,10,25,27-28H2,1-6H3/t38-,39+,40+,54?/m0/s1. The first-order chi connectivity index (χ1) is 26.2. The Balaban J connectivity index is 1.43. The van der Waals surface area contributed by atoms with E-state index in [2.05, 4.69) is 38.4 Å². The Bertz CT molecular complexity index is 1990. The van der Waals surface area contributed by atoms with Gasteiger partial charge < -0.3 is 32.4 Å². The molecule has 0 amide bonds. The molecule has 0 spiro atoms. The average molecular weight is 754 g/mol. The van der Waals surface area contributed by atoms with Gasteiger partial charge in [-0.15, -0.1) is 0 Å². The van der Waals surface area contributed by atoms with Crippen LogP contribution >= 0.6 is 8.53 Å². The summed E-state index contributed by atoms with van der Waals surface area (Å²) >= 11 is 0. The Morgan fingerprint density at radius 3 is 2.07 bits per heavy atom. The van der Waals surface area contributed by atoms with Crippen LogP contribution in [-0.4, -0.2) is 61.0 Å². The molecule has 3 aromatic carbocycles. The van der Waals surface area contributed by atoms with Crippen LogP contribution in [0.1, 0.15) is 63.5 Å². The van der Waals surface area contributed by atoms with E-state index in [0.29, 0.717) is 17.4 Å². The van der Waals surface area contributed by atoms with Crippen molar-refractivity contribution < 1.29 is 32.4 Å². The molecule has 11 nitrogen and oxygen atoms in total.